The third-order valence-electron chi connectivity index (χ3n) is 4.14. The van der Waals surface area contributed by atoms with Gasteiger partial charge in [-0.15, -0.1) is 0 Å². The molecular formula is C19H31NO2. The van der Waals surface area contributed by atoms with Crippen LogP contribution in [0.25, 0.3) is 0 Å². The summed E-state index contributed by atoms with van der Waals surface area (Å²) in [4.78, 5) is 13.4. The van der Waals surface area contributed by atoms with E-state index in [0.717, 1.165) is 13.0 Å². The Morgan fingerprint density at radius 2 is 1.86 bits per heavy atom. The summed E-state index contributed by atoms with van der Waals surface area (Å²) in [6.07, 6.45) is 6.15. The maximum absolute atomic E-state index is 11.2. The number of nitrogens with zero attached hydrogens (tertiary/aromatic N) is 1. The van der Waals surface area contributed by atoms with Gasteiger partial charge in [-0.05, 0) is 31.9 Å². The van der Waals surface area contributed by atoms with Gasteiger partial charge in [0.2, 0.25) is 0 Å². The van der Waals surface area contributed by atoms with Crippen LogP contribution in [0, 0.1) is 19.8 Å². The van der Waals surface area contributed by atoms with Gasteiger partial charge in [0.15, 0.2) is 0 Å². The molecule has 0 saturated carbocycles. The van der Waals surface area contributed by atoms with Gasteiger partial charge < -0.3 is 10.0 Å². The van der Waals surface area contributed by atoms with Crippen LogP contribution in [0.2, 0.25) is 0 Å². The van der Waals surface area contributed by atoms with Crippen molar-refractivity contribution in [3.63, 3.8) is 0 Å². The van der Waals surface area contributed by atoms with E-state index in [4.69, 9.17) is 0 Å². The van der Waals surface area contributed by atoms with Crippen molar-refractivity contribution in [3.05, 3.63) is 29.3 Å². The first-order valence-electron chi connectivity index (χ1n) is 8.50. The van der Waals surface area contributed by atoms with Crippen molar-refractivity contribution in [2.24, 2.45) is 5.92 Å². The van der Waals surface area contributed by atoms with E-state index in [1.54, 1.807) is 6.92 Å². The summed E-state index contributed by atoms with van der Waals surface area (Å²) in [6, 6.07) is 6.41. The molecule has 1 N–H and O–H groups in total. The van der Waals surface area contributed by atoms with Crippen molar-refractivity contribution in [3.8, 4) is 0 Å². The highest BCUT2D eigenvalue weighted by Gasteiger charge is 2.17. The minimum atomic E-state index is -0.722. The number of carbonyl (C=O) groups is 1. The zero-order valence-corrected chi connectivity index (χ0v) is 14.6. The first-order valence-corrected chi connectivity index (χ1v) is 8.50. The second kappa shape index (κ2) is 9.50. The normalized spacial score (nSPS) is 12.2. The van der Waals surface area contributed by atoms with Crippen molar-refractivity contribution in [2.45, 2.75) is 59.8 Å². The van der Waals surface area contributed by atoms with Crippen molar-refractivity contribution in [1.82, 2.24) is 0 Å². The van der Waals surface area contributed by atoms with E-state index in [2.05, 4.69) is 43.9 Å². The average molecular weight is 305 g/mol. The predicted molar refractivity (Wildman–Crippen MR) is 93.7 cm³/mol. The molecule has 0 aliphatic heterocycles. The highest BCUT2D eigenvalue weighted by atomic mass is 16.4. The highest BCUT2D eigenvalue weighted by molar-refractivity contribution is 5.70. The summed E-state index contributed by atoms with van der Waals surface area (Å²) in [5.74, 6) is -1.07. The van der Waals surface area contributed by atoms with Gasteiger partial charge in [0.25, 0.3) is 0 Å². The van der Waals surface area contributed by atoms with E-state index in [1.165, 1.54) is 42.5 Å². The van der Waals surface area contributed by atoms with Gasteiger partial charge in [0.1, 0.15) is 0 Å². The van der Waals surface area contributed by atoms with Crippen LogP contribution >= 0.6 is 0 Å². The summed E-state index contributed by atoms with van der Waals surface area (Å²) in [5.41, 5.74) is 3.65. The fourth-order valence-electron chi connectivity index (χ4n) is 2.79. The minimum Gasteiger partial charge on any atom is -0.481 e. The van der Waals surface area contributed by atoms with Gasteiger partial charge in [0.05, 0.1) is 5.92 Å². The SMILES string of the molecule is CCCCCCCN(CC(C)C(=O)O)c1ccc(C)cc1C. The monoisotopic (exact) mass is 305 g/mol. The van der Waals surface area contributed by atoms with E-state index < -0.39 is 5.97 Å². The van der Waals surface area contributed by atoms with Crippen LogP contribution in [-0.2, 0) is 4.79 Å². The quantitative estimate of drug-likeness (QED) is 0.631. The van der Waals surface area contributed by atoms with Crippen LogP contribution in [0.5, 0.6) is 0 Å². The average Bonchev–Trinajstić information content (AvgIpc) is 2.45. The molecule has 0 aliphatic carbocycles. The molecule has 0 saturated heterocycles. The molecule has 3 nitrogen and oxygen atoms in total. The number of aliphatic carboxylic acids is 1. The van der Waals surface area contributed by atoms with Crippen molar-refractivity contribution >= 4 is 11.7 Å². The Morgan fingerprint density at radius 1 is 1.18 bits per heavy atom. The number of unbranched alkanes of at least 4 members (excludes halogenated alkanes) is 4. The molecule has 0 bridgehead atoms. The van der Waals surface area contributed by atoms with Crippen LogP contribution < -0.4 is 4.90 Å². The van der Waals surface area contributed by atoms with Crippen LogP contribution in [0.15, 0.2) is 18.2 Å². The Kier molecular flexibility index (Phi) is 8.00. The molecule has 0 heterocycles. The third-order valence-corrected chi connectivity index (χ3v) is 4.14. The number of carboxylic acids is 1. The molecule has 0 fully saturated rings. The van der Waals surface area contributed by atoms with Gasteiger partial charge in [-0.2, -0.15) is 0 Å². The van der Waals surface area contributed by atoms with Crippen molar-refractivity contribution < 1.29 is 9.90 Å². The largest absolute Gasteiger partial charge is 0.481 e. The fraction of sp³-hybridized carbons (Fsp3) is 0.632. The molecule has 0 amide bonds. The molecule has 1 aromatic carbocycles. The van der Waals surface area contributed by atoms with Crippen LogP contribution in [-0.4, -0.2) is 24.2 Å². The van der Waals surface area contributed by atoms with Gasteiger partial charge in [-0.1, -0.05) is 57.2 Å². The minimum absolute atomic E-state index is 0.351. The summed E-state index contributed by atoms with van der Waals surface area (Å²) in [6.45, 7) is 9.72. The highest BCUT2D eigenvalue weighted by Crippen LogP contribution is 2.23. The fourth-order valence-corrected chi connectivity index (χ4v) is 2.79. The van der Waals surface area contributed by atoms with Gasteiger partial charge in [0, 0.05) is 18.8 Å². The maximum atomic E-state index is 11.2. The Hall–Kier alpha value is -1.51. The molecule has 1 aromatic rings. The first kappa shape index (κ1) is 18.5. The molecule has 124 valence electrons. The zero-order valence-electron chi connectivity index (χ0n) is 14.6. The second-order valence-corrected chi connectivity index (χ2v) is 6.39. The third kappa shape index (κ3) is 6.08. The summed E-state index contributed by atoms with van der Waals surface area (Å²) >= 11 is 0. The molecule has 0 aromatic heterocycles. The zero-order chi connectivity index (χ0) is 16.5. The lowest BCUT2D eigenvalue weighted by Gasteiger charge is -2.28. The van der Waals surface area contributed by atoms with E-state index in [1.807, 2.05) is 0 Å². The lowest BCUT2D eigenvalue weighted by molar-refractivity contribution is -0.140. The summed E-state index contributed by atoms with van der Waals surface area (Å²) in [5, 5.41) is 9.21. The first-order chi connectivity index (χ1) is 10.5. The van der Waals surface area contributed by atoms with Crippen LogP contribution in [0.3, 0.4) is 0 Å². The molecule has 0 aliphatic rings. The summed E-state index contributed by atoms with van der Waals surface area (Å²) < 4.78 is 0. The molecular weight excluding hydrogens is 274 g/mol. The maximum Gasteiger partial charge on any atom is 0.308 e. The number of hydrogen-bond donors (Lipinski definition) is 1. The number of hydrogen-bond acceptors (Lipinski definition) is 2. The summed E-state index contributed by atoms with van der Waals surface area (Å²) in [7, 11) is 0. The van der Waals surface area contributed by atoms with Crippen molar-refractivity contribution in [1.29, 1.82) is 0 Å². The van der Waals surface area contributed by atoms with Crippen LogP contribution in [0.1, 0.15) is 57.1 Å². The molecule has 0 radical (unpaired) electrons. The number of aryl methyl sites for hydroxylation is 2. The Morgan fingerprint density at radius 3 is 2.45 bits per heavy atom. The molecule has 3 heteroatoms. The van der Waals surface area contributed by atoms with E-state index in [-0.39, 0.29) is 5.92 Å². The number of anilines is 1. The topological polar surface area (TPSA) is 40.5 Å². The standard InChI is InChI=1S/C19H31NO2/c1-5-6-7-8-9-12-20(14-17(4)19(21)22)18-11-10-15(2)13-16(18)3/h10-11,13,17H,5-9,12,14H2,1-4H3,(H,21,22). The van der Waals surface area contributed by atoms with Crippen molar-refractivity contribution in [2.75, 3.05) is 18.0 Å². The van der Waals surface area contributed by atoms with E-state index in [9.17, 15) is 9.90 Å². The van der Waals surface area contributed by atoms with E-state index >= 15 is 0 Å². The van der Waals surface area contributed by atoms with Gasteiger partial charge in [-0.3, -0.25) is 4.79 Å². The molecule has 1 atom stereocenters. The Bertz CT molecular complexity index is 471. The van der Waals surface area contributed by atoms with Gasteiger partial charge in [-0.25, -0.2) is 0 Å². The number of benzene rings is 1. The smallest absolute Gasteiger partial charge is 0.308 e. The van der Waals surface area contributed by atoms with Gasteiger partial charge >= 0.3 is 5.97 Å². The Labute approximate surface area is 135 Å². The number of carboxylic acid groups (broad SMARTS) is 1. The predicted octanol–water partition coefficient (Wildman–Crippen LogP) is 4.80. The second-order valence-electron chi connectivity index (χ2n) is 6.39. The molecule has 22 heavy (non-hydrogen) atoms. The molecule has 0 spiro atoms. The lowest BCUT2D eigenvalue weighted by Crippen LogP contribution is -2.33. The number of rotatable bonds is 10. The Balaban J connectivity index is 2.74. The molecule has 1 rings (SSSR count). The van der Waals surface area contributed by atoms with Crippen LogP contribution in [0.4, 0.5) is 5.69 Å². The lowest BCUT2D eigenvalue weighted by atomic mass is 10.1. The van der Waals surface area contributed by atoms with E-state index in [0.29, 0.717) is 6.54 Å². The molecule has 1 unspecified atom stereocenters.